The van der Waals surface area contributed by atoms with Gasteiger partial charge in [-0.15, -0.1) is 0 Å². The number of anilines is 1. The number of imide groups is 1. The topological polar surface area (TPSA) is 59.0 Å². The fourth-order valence-electron chi connectivity index (χ4n) is 2.87. The Hall–Kier alpha value is -3.02. The van der Waals surface area contributed by atoms with Gasteiger partial charge in [0.2, 0.25) is 12.0 Å². The van der Waals surface area contributed by atoms with E-state index >= 15 is 0 Å². The summed E-state index contributed by atoms with van der Waals surface area (Å²) >= 11 is 0. The Labute approximate surface area is 131 Å². The molecule has 2 aromatic rings. The third kappa shape index (κ3) is 2.03. The quantitative estimate of drug-likeness (QED) is 0.798. The van der Waals surface area contributed by atoms with Gasteiger partial charge < -0.3 is 4.84 Å². The average molecular weight is 310 g/mol. The number of amides is 2. The zero-order chi connectivity index (χ0) is 16.0. The van der Waals surface area contributed by atoms with Gasteiger partial charge in [-0.1, -0.05) is 35.5 Å². The summed E-state index contributed by atoms with van der Waals surface area (Å²) in [7, 11) is 0. The number of para-hydroxylation sites is 1. The molecule has 0 radical (unpaired) electrons. The maximum absolute atomic E-state index is 13.1. The molecular weight excluding hydrogens is 299 g/mol. The largest absolute Gasteiger partial charge is 0.381 e. The van der Waals surface area contributed by atoms with Crippen molar-refractivity contribution < 1.29 is 18.8 Å². The molecule has 5 nitrogen and oxygen atoms in total. The summed E-state index contributed by atoms with van der Waals surface area (Å²) in [5.41, 5.74) is 1.42. The Morgan fingerprint density at radius 2 is 1.65 bits per heavy atom. The molecule has 0 spiro atoms. The molecule has 6 heteroatoms. The molecule has 2 amide bonds. The van der Waals surface area contributed by atoms with Crippen LogP contribution in [0.4, 0.5) is 10.1 Å². The summed E-state index contributed by atoms with van der Waals surface area (Å²) in [6.07, 6.45) is -0.956. The standard InChI is InChI=1S/C17H11FN2O3/c18-11-8-6-10(7-9-11)14-13-15(23-19-14)17(22)20(16(13)21)12-4-2-1-3-5-12/h1-9,13,15H/t13-,15+/m1/s1. The highest BCUT2D eigenvalue weighted by molar-refractivity contribution is 6.32. The molecular formula is C17H11FN2O3. The van der Waals surface area contributed by atoms with Crippen molar-refractivity contribution in [2.45, 2.75) is 6.10 Å². The molecule has 0 bridgehead atoms. The van der Waals surface area contributed by atoms with Crippen molar-refractivity contribution in [3.63, 3.8) is 0 Å². The number of carbonyl (C=O) groups excluding carboxylic acids is 2. The maximum atomic E-state index is 13.1. The minimum atomic E-state index is -0.956. The Morgan fingerprint density at radius 3 is 2.35 bits per heavy atom. The van der Waals surface area contributed by atoms with Gasteiger partial charge in [-0.25, -0.2) is 9.29 Å². The fourth-order valence-corrected chi connectivity index (χ4v) is 2.87. The molecule has 1 saturated heterocycles. The van der Waals surface area contributed by atoms with Crippen LogP contribution in [0, 0.1) is 11.7 Å². The summed E-state index contributed by atoms with van der Waals surface area (Å²) in [6, 6.07) is 14.3. The van der Waals surface area contributed by atoms with Gasteiger partial charge in [0.1, 0.15) is 17.4 Å². The summed E-state index contributed by atoms with van der Waals surface area (Å²) < 4.78 is 13.1. The van der Waals surface area contributed by atoms with Crippen LogP contribution in [-0.2, 0) is 14.4 Å². The van der Waals surface area contributed by atoms with Crippen LogP contribution in [0.15, 0.2) is 59.8 Å². The molecule has 0 aliphatic carbocycles. The zero-order valence-electron chi connectivity index (χ0n) is 11.8. The number of hydrogen-bond donors (Lipinski definition) is 0. The minimum Gasteiger partial charge on any atom is -0.381 e. The highest BCUT2D eigenvalue weighted by atomic mass is 19.1. The second-order valence-corrected chi connectivity index (χ2v) is 5.33. The van der Waals surface area contributed by atoms with E-state index in [0.717, 1.165) is 4.90 Å². The van der Waals surface area contributed by atoms with E-state index in [2.05, 4.69) is 5.16 Å². The Balaban J connectivity index is 1.71. The first-order valence-electron chi connectivity index (χ1n) is 7.09. The van der Waals surface area contributed by atoms with Gasteiger partial charge >= 0.3 is 0 Å². The van der Waals surface area contributed by atoms with Crippen LogP contribution >= 0.6 is 0 Å². The van der Waals surface area contributed by atoms with E-state index in [1.165, 1.54) is 24.3 Å². The van der Waals surface area contributed by atoms with Crippen molar-refractivity contribution in [1.29, 1.82) is 0 Å². The number of carbonyl (C=O) groups is 2. The van der Waals surface area contributed by atoms with E-state index in [1.807, 2.05) is 0 Å². The van der Waals surface area contributed by atoms with Crippen LogP contribution in [0.3, 0.4) is 0 Å². The number of hydrogen-bond acceptors (Lipinski definition) is 4. The molecule has 2 aliphatic rings. The van der Waals surface area contributed by atoms with E-state index in [9.17, 15) is 14.0 Å². The fraction of sp³-hybridized carbons (Fsp3) is 0.118. The number of oxime groups is 1. The Bertz CT molecular complexity index is 817. The lowest BCUT2D eigenvalue weighted by Gasteiger charge is -2.15. The third-order valence-electron chi connectivity index (χ3n) is 3.97. The first-order chi connectivity index (χ1) is 11.2. The summed E-state index contributed by atoms with van der Waals surface area (Å²) in [5, 5.41) is 3.87. The van der Waals surface area contributed by atoms with Crippen LogP contribution in [0.1, 0.15) is 5.56 Å². The third-order valence-corrected chi connectivity index (χ3v) is 3.97. The molecule has 0 aromatic heterocycles. The van der Waals surface area contributed by atoms with Crippen molar-refractivity contribution in [1.82, 2.24) is 0 Å². The van der Waals surface area contributed by atoms with Crippen LogP contribution in [-0.4, -0.2) is 23.6 Å². The molecule has 1 fully saturated rings. The second kappa shape index (κ2) is 5.01. The van der Waals surface area contributed by atoms with Gasteiger partial charge in [0.25, 0.3) is 5.91 Å². The van der Waals surface area contributed by atoms with Crippen molar-refractivity contribution in [2.24, 2.45) is 11.1 Å². The first kappa shape index (κ1) is 13.6. The average Bonchev–Trinajstić information content (AvgIpc) is 3.10. The molecule has 2 aliphatic heterocycles. The molecule has 0 saturated carbocycles. The number of rotatable bonds is 2. The summed E-state index contributed by atoms with van der Waals surface area (Å²) in [5.74, 6) is -2.00. The lowest BCUT2D eigenvalue weighted by atomic mass is 9.94. The van der Waals surface area contributed by atoms with E-state index < -0.39 is 17.9 Å². The molecule has 2 atom stereocenters. The SMILES string of the molecule is O=C1[C@@H]2C(c3ccc(F)cc3)=NO[C@@H]2C(=O)N1c1ccccc1. The molecule has 0 unspecified atom stereocenters. The molecule has 0 N–H and O–H groups in total. The van der Waals surface area contributed by atoms with Crippen molar-refractivity contribution in [2.75, 3.05) is 4.90 Å². The lowest BCUT2D eigenvalue weighted by Crippen LogP contribution is -2.33. The predicted molar refractivity (Wildman–Crippen MR) is 80.2 cm³/mol. The zero-order valence-corrected chi connectivity index (χ0v) is 11.8. The highest BCUT2D eigenvalue weighted by Gasteiger charge is 2.56. The van der Waals surface area contributed by atoms with Crippen LogP contribution in [0.2, 0.25) is 0 Å². The van der Waals surface area contributed by atoms with Gasteiger partial charge in [0.15, 0.2) is 0 Å². The Morgan fingerprint density at radius 1 is 0.957 bits per heavy atom. The monoisotopic (exact) mass is 310 g/mol. The van der Waals surface area contributed by atoms with Gasteiger partial charge in [-0.05, 0) is 24.3 Å². The predicted octanol–water partition coefficient (Wildman–Crippen LogP) is 2.12. The summed E-state index contributed by atoms with van der Waals surface area (Å²) in [6.45, 7) is 0. The smallest absolute Gasteiger partial charge is 0.278 e. The highest BCUT2D eigenvalue weighted by Crippen LogP contribution is 2.34. The van der Waals surface area contributed by atoms with Crippen molar-refractivity contribution in [3.05, 3.63) is 66.0 Å². The van der Waals surface area contributed by atoms with Gasteiger partial charge in [-0.2, -0.15) is 0 Å². The van der Waals surface area contributed by atoms with E-state index in [4.69, 9.17) is 4.84 Å². The Kier molecular flexibility index (Phi) is 2.97. The maximum Gasteiger partial charge on any atom is 0.278 e. The molecule has 23 heavy (non-hydrogen) atoms. The molecule has 4 rings (SSSR count). The number of fused-ring (bicyclic) bond motifs is 1. The number of benzene rings is 2. The lowest BCUT2D eigenvalue weighted by molar-refractivity contribution is -0.126. The van der Waals surface area contributed by atoms with Gasteiger partial charge in [0.05, 0.1) is 5.69 Å². The van der Waals surface area contributed by atoms with E-state index in [1.54, 1.807) is 30.3 Å². The minimum absolute atomic E-state index is 0.354. The molecule has 2 heterocycles. The first-order valence-corrected chi connectivity index (χ1v) is 7.09. The van der Waals surface area contributed by atoms with Crippen molar-refractivity contribution in [3.8, 4) is 0 Å². The normalized spacial score (nSPS) is 22.8. The van der Waals surface area contributed by atoms with Crippen LogP contribution in [0.5, 0.6) is 0 Å². The van der Waals surface area contributed by atoms with Crippen LogP contribution in [0.25, 0.3) is 0 Å². The van der Waals surface area contributed by atoms with Gasteiger partial charge in [-0.3, -0.25) is 9.59 Å². The second-order valence-electron chi connectivity index (χ2n) is 5.33. The van der Waals surface area contributed by atoms with E-state index in [-0.39, 0.29) is 11.7 Å². The van der Waals surface area contributed by atoms with Crippen molar-refractivity contribution >= 4 is 23.2 Å². The molecule has 2 aromatic carbocycles. The number of nitrogens with zero attached hydrogens (tertiary/aromatic N) is 2. The summed E-state index contributed by atoms with van der Waals surface area (Å²) in [4.78, 5) is 31.5. The number of halogens is 1. The van der Waals surface area contributed by atoms with E-state index in [0.29, 0.717) is 17.0 Å². The van der Waals surface area contributed by atoms with Crippen LogP contribution < -0.4 is 4.90 Å². The van der Waals surface area contributed by atoms with Gasteiger partial charge in [0, 0.05) is 5.56 Å². The molecule has 114 valence electrons.